The monoisotopic (exact) mass is 258 g/mol. The SMILES string of the molecule is Cc1ccn2c(Cl)nc(CS(C)(=O)=O)c2c1. The van der Waals surface area contributed by atoms with Crippen LogP contribution in [0, 0.1) is 6.92 Å². The Morgan fingerprint density at radius 2 is 2.19 bits per heavy atom. The van der Waals surface area contributed by atoms with E-state index in [2.05, 4.69) is 4.98 Å². The Morgan fingerprint density at radius 3 is 2.81 bits per heavy atom. The van der Waals surface area contributed by atoms with Crippen LogP contribution in [0.2, 0.25) is 5.28 Å². The Morgan fingerprint density at radius 1 is 1.50 bits per heavy atom. The second-order valence-electron chi connectivity index (χ2n) is 3.86. The van der Waals surface area contributed by atoms with Crippen molar-refractivity contribution in [1.82, 2.24) is 9.38 Å². The van der Waals surface area contributed by atoms with Gasteiger partial charge in [-0.1, -0.05) is 0 Å². The number of hydrogen-bond acceptors (Lipinski definition) is 3. The predicted octanol–water partition coefficient (Wildman–Crippen LogP) is 1.84. The van der Waals surface area contributed by atoms with Crippen LogP contribution in [-0.4, -0.2) is 24.1 Å². The van der Waals surface area contributed by atoms with E-state index >= 15 is 0 Å². The van der Waals surface area contributed by atoms with E-state index in [1.807, 2.05) is 19.1 Å². The third-order valence-electron chi connectivity index (χ3n) is 2.23. The molecule has 0 bridgehead atoms. The molecule has 2 heterocycles. The quantitative estimate of drug-likeness (QED) is 0.826. The molecule has 86 valence electrons. The average molecular weight is 259 g/mol. The van der Waals surface area contributed by atoms with Crippen LogP contribution in [-0.2, 0) is 15.6 Å². The van der Waals surface area contributed by atoms with E-state index in [1.54, 1.807) is 10.6 Å². The summed E-state index contributed by atoms with van der Waals surface area (Å²) in [4.78, 5) is 4.07. The summed E-state index contributed by atoms with van der Waals surface area (Å²) >= 11 is 5.92. The zero-order valence-electron chi connectivity index (χ0n) is 8.94. The van der Waals surface area contributed by atoms with E-state index in [0.29, 0.717) is 5.69 Å². The standard InChI is InChI=1S/C10H11ClN2O2S/c1-7-3-4-13-9(5-7)8(12-10(13)11)6-16(2,14)15/h3-5H,6H2,1-2H3. The molecule has 0 aliphatic rings. The van der Waals surface area contributed by atoms with Gasteiger partial charge < -0.3 is 0 Å². The summed E-state index contributed by atoms with van der Waals surface area (Å²) in [7, 11) is -3.10. The van der Waals surface area contributed by atoms with Crippen LogP contribution in [0.5, 0.6) is 0 Å². The summed E-state index contributed by atoms with van der Waals surface area (Å²) in [6, 6.07) is 3.77. The number of nitrogens with zero attached hydrogens (tertiary/aromatic N) is 2. The highest BCUT2D eigenvalue weighted by atomic mass is 35.5. The van der Waals surface area contributed by atoms with Crippen molar-refractivity contribution in [2.24, 2.45) is 0 Å². The number of halogens is 1. The maximum Gasteiger partial charge on any atom is 0.207 e. The molecule has 0 unspecified atom stereocenters. The summed E-state index contributed by atoms with van der Waals surface area (Å²) < 4.78 is 24.2. The molecule has 16 heavy (non-hydrogen) atoms. The number of imidazole rings is 1. The first kappa shape index (κ1) is 11.4. The minimum absolute atomic E-state index is 0.0906. The van der Waals surface area contributed by atoms with Crippen LogP contribution < -0.4 is 0 Å². The molecule has 0 saturated heterocycles. The normalized spacial score (nSPS) is 12.2. The third-order valence-corrected chi connectivity index (χ3v) is 3.30. The zero-order chi connectivity index (χ0) is 11.9. The number of rotatable bonds is 2. The van der Waals surface area contributed by atoms with Crippen LogP contribution in [0.1, 0.15) is 11.3 Å². The van der Waals surface area contributed by atoms with Gasteiger partial charge in [0.05, 0.1) is 17.0 Å². The van der Waals surface area contributed by atoms with Crippen molar-refractivity contribution in [3.05, 3.63) is 34.9 Å². The van der Waals surface area contributed by atoms with E-state index in [9.17, 15) is 8.42 Å². The maximum atomic E-state index is 11.2. The zero-order valence-corrected chi connectivity index (χ0v) is 10.5. The van der Waals surface area contributed by atoms with Crippen LogP contribution in [0.25, 0.3) is 5.52 Å². The molecular formula is C10H11ClN2O2S. The minimum atomic E-state index is -3.10. The highest BCUT2D eigenvalue weighted by molar-refractivity contribution is 7.89. The first-order valence-electron chi connectivity index (χ1n) is 4.67. The second kappa shape index (κ2) is 3.75. The molecule has 2 rings (SSSR count). The van der Waals surface area contributed by atoms with E-state index in [4.69, 9.17) is 11.6 Å². The molecule has 0 aromatic carbocycles. The fourth-order valence-corrected chi connectivity index (χ4v) is 2.52. The largest absolute Gasteiger partial charge is 0.290 e. The first-order chi connectivity index (χ1) is 7.37. The van der Waals surface area contributed by atoms with Gasteiger partial charge >= 0.3 is 0 Å². The van der Waals surface area contributed by atoms with Crippen molar-refractivity contribution in [3.63, 3.8) is 0 Å². The van der Waals surface area contributed by atoms with Crippen LogP contribution >= 0.6 is 11.6 Å². The first-order valence-corrected chi connectivity index (χ1v) is 7.11. The topological polar surface area (TPSA) is 51.4 Å². The number of aromatic nitrogens is 2. The highest BCUT2D eigenvalue weighted by Crippen LogP contribution is 2.19. The third kappa shape index (κ3) is 2.20. The Labute approximate surface area is 98.8 Å². The van der Waals surface area contributed by atoms with E-state index in [-0.39, 0.29) is 11.0 Å². The van der Waals surface area contributed by atoms with Gasteiger partial charge in [0.25, 0.3) is 0 Å². The van der Waals surface area contributed by atoms with Gasteiger partial charge in [-0.05, 0) is 36.2 Å². The summed E-state index contributed by atoms with van der Waals surface area (Å²) in [5.74, 6) is -0.0906. The Bertz CT molecular complexity index is 646. The molecular weight excluding hydrogens is 248 g/mol. The van der Waals surface area contributed by atoms with Crippen molar-refractivity contribution < 1.29 is 8.42 Å². The summed E-state index contributed by atoms with van der Waals surface area (Å²) in [6.45, 7) is 1.94. The molecule has 0 aliphatic heterocycles. The fraction of sp³-hybridized carbons (Fsp3) is 0.300. The van der Waals surface area contributed by atoms with Gasteiger partial charge in [0, 0.05) is 12.5 Å². The fourth-order valence-electron chi connectivity index (χ4n) is 1.57. The van der Waals surface area contributed by atoms with Gasteiger partial charge in [-0.25, -0.2) is 13.4 Å². The molecule has 0 aliphatic carbocycles. The van der Waals surface area contributed by atoms with Crippen molar-refractivity contribution in [2.75, 3.05) is 6.26 Å². The van der Waals surface area contributed by atoms with Gasteiger partial charge in [0.1, 0.15) is 0 Å². The van der Waals surface area contributed by atoms with E-state index in [1.165, 1.54) is 6.26 Å². The molecule has 2 aromatic heterocycles. The Kier molecular flexibility index (Phi) is 2.67. The average Bonchev–Trinajstić information content (AvgIpc) is 2.40. The summed E-state index contributed by atoms with van der Waals surface area (Å²) in [5, 5.41) is 0.286. The van der Waals surface area contributed by atoms with Crippen molar-refractivity contribution in [1.29, 1.82) is 0 Å². The smallest absolute Gasteiger partial charge is 0.207 e. The predicted molar refractivity (Wildman–Crippen MR) is 63.5 cm³/mol. The Balaban J connectivity index is 2.66. The number of hydrogen-bond donors (Lipinski definition) is 0. The van der Waals surface area contributed by atoms with Crippen LogP contribution in [0.3, 0.4) is 0 Å². The molecule has 0 saturated carbocycles. The van der Waals surface area contributed by atoms with Gasteiger partial charge in [-0.3, -0.25) is 4.40 Å². The van der Waals surface area contributed by atoms with E-state index in [0.717, 1.165) is 11.1 Å². The highest BCUT2D eigenvalue weighted by Gasteiger charge is 2.14. The molecule has 6 heteroatoms. The number of aryl methyl sites for hydroxylation is 1. The van der Waals surface area contributed by atoms with Crippen LogP contribution in [0.4, 0.5) is 0 Å². The lowest BCUT2D eigenvalue weighted by Crippen LogP contribution is -2.01. The van der Waals surface area contributed by atoms with Gasteiger partial charge in [-0.15, -0.1) is 0 Å². The van der Waals surface area contributed by atoms with Gasteiger partial charge in [0.15, 0.2) is 9.84 Å². The maximum absolute atomic E-state index is 11.2. The number of pyridine rings is 1. The minimum Gasteiger partial charge on any atom is -0.290 e. The van der Waals surface area contributed by atoms with Gasteiger partial charge in [0.2, 0.25) is 5.28 Å². The molecule has 2 aromatic rings. The number of sulfone groups is 1. The van der Waals surface area contributed by atoms with E-state index < -0.39 is 9.84 Å². The molecule has 0 fully saturated rings. The van der Waals surface area contributed by atoms with Crippen molar-refractivity contribution in [2.45, 2.75) is 12.7 Å². The summed E-state index contributed by atoms with van der Waals surface area (Å²) in [6.07, 6.45) is 2.97. The van der Waals surface area contributed by atoms with Crippen LogP contribution in [0.15, 0.2) is 18.3 Å². The molecule has 4 nitrogen and oxygen atoms in total. The van der Waals surface area contributed by atoms with Crippen molar-refractivity contribution >= 4 is 27.0 Å². The molecule has 0 atom stereocenters. The second-order valence-corrected chi connectivity index (χ2v) is 6.34. The summed E-state index contributed by atoms with van der Waals surface area (Å²) in [5.41, 5.74) is 2.28. The molecule has 0 spiro atoms. The molecule has 0 N–H and O–H groups in total. The lowest BCUT2D eigenvalue weighted by molar-refractivity contribution is 0.601. The Hall–Kier alpha value is -1.07. The molecule has 0 radical (unpaired) electrons. The number of fused-ring (bicyclic) bond motifs is 1. The lowest BCUT2D eigenvalue weighted by Gasteiger charge is -1.98. The lowest BCUT2D eigenvalue weighted by atomic mass is 10.2. The van der Waals surface area contributed by atoms with Gasteiger partial charge in [-0.2, -0.15) is 0 Å². The van der Waals surface area contributed by atoms with Crippen molar-refractivity contribution in [3.8, 4) is 0 Å². The molecule has 0 amide bonds.